The summed E-state index contributed by atoms with van der Waals surface area (Å²) in [5.74, 6) is 2.78. The molecule has 2 heteroatoms. The number of unbranched alkanes of at least 4 members (excludes halogenated alkanes) is 1. The summed E-state index contributed by atoms with van der Waals surface area (Å²) in [4.78, 5) is 0. The number of thiol groups is 1. The summed E-state index contributed by atoms with van der Waals surface area (Å²) < 4.78 is 0. The molecular weight excluding hydrogens is 106 g/mol. The molecule has 2 N–H and O–H groups in total. The van der Waals surface area contributed by atoms with Gasteiger partial charge in [-0.3, -0.25) is 0 Å². The van der Waals surface area contributed by atoms with Crippen LogP contribution in [-0.4, -0.2) is 6.54 Å². The summed E-state index contributed by atoms with van der Waals surface area (Å²) in [7, 11) is 0. The van der Waals surface area contributed by atoms with Crippen molar-refractivity contribution in [2.24, 2.45) is 5.73 Å². The molecule has 0 amide bonds. The Bertz CT molecular complexity index is 79.8. The van der Waals surface area contributed by atoms with E-state index in [2.05, 4.69) is 23.8 Å². The molecule has 0 bridgehead atoms. The van der Waals surface area contributed by atoms with Gasteiger partial charge in [-0.1, -0.05) is 18.5 Å². The van der Waals surface area contributed by atoms with Crippen LogP contribution in [0.1, 0.15) is 12.8 Å². The van der Waals surface area contributed by atoms with Gasteiger partial charge >= 0.3 is 0 Å². The van der Waals surface area contributed by atoms with Gasteiger partial charge < -0.3 is 5.73 Å². The minimum Gasteiger partial charge on any atom is -0.330 e. The van der Waals surface area contributed by atoms with Crippen LogP contribution in [-0.2, 0) is 0 Å². The van der Waals surface area contributed by atoms with E-state index in [4.69, 9.17) is 5.73 Å². The maximum Gasteiger partial charge on any atom is 0.0110 e. The lowest BCUT2D eigenvalue weighted by atomic mass is 10.3. The monoisotopic (exact) mass is 115 g/mol. The molecule has 0 aliphatic rings. The van der Waals surface area contributed by atoms with Gasteiger partial charge in [0.15, 0.2) is 0 Å². The van der Waals surface area contributed by atoms with Gasteiger partial charge in [0.2, 0.25) is 0 Å². The molecule has 0 aliphatic carbocycles. The van der Waals surface area contributed by atoms with E-state index in [1.807, 2.05) is 0 Å². The van der Waals surface area contributed by atoms with Gasteiger partial charge in [-0.25, -0.2) is 0 Å². The standard InChI is InChI=1S/C5H9NS/c6-4-2-1-3-5-7/h7H,1-2,4,6H2. The van der Waals surface area contributed by atoms with Gasteiger partial charge in [-0.15, -0.1) is 0 Å². The highest BCUT2D eigenvalue weighted by Gasteiger charge is 1.72. The second-order valence-electron chi connectivity index (χ2n) is 1.18. The van der Waals surface area contributed by atoms with Crippen LogP contribution in [0.2, 0.25) is 0 Å². The van der Waals surface area contributed by atoms with Crippen LogP contribution >= 0.6 is 12.6 Å². The van der Waals surface area contributed by atoms with E-state index in [1.165, 1.54) is 0 Å². The number of hydrogen-bond acceptors (Lipinski definition) is 2. The van der Waals surface area contributed by atoms with Crippen LogP contribution in [0.5, 0.6) is 0 Å². The largest absolute Gasteiger partial charge is 0.330 e. The van der Waals surface area contributed by atoms with Crippen LogP contribution < -0.4 is 5.73 Å². The maximum absolute atomic E-state index is 5.18. The van der Waals surface area contributed by atoms with Crippen molar-refractivity contribution < 1.29 is 0 Å². The zero-order valence-electron chi connectivity index (χ0n) is 4.15. The van der Waals surface area contributed by atoms with E-state index in [0.29, 0.717) is 0 Å². The predicted molar refractivity (Wildman–Crippen MR) is 35.1 cm³/mol. The average molecular weight is 115 g/mol. The molecule has 0 aliphatic heterocycles. The number of hydrogen-bond donors (Lipinski definition) is 2. The topological polar surface area (TPSA) is 26.0 Å². The summed E-state index contributed by atoms with van der Waals surface area (Å²) in [5, 5.41) is 2.49. The van der Waals surface area contributed by atoms with Crippen LogP contribution in [0.15, 0.2) is 0 Å². The molecular formula is C5H9NS. The Labute approximate surface area is 49.7 Å². The lowest BCUT2D eigenvalue weighted by Crippen LogP contribution is -1.96. The van der Waals surface area contributed by atoms with E-state index in [-0.39, 0.29) is 0 Å². The normalized spacial score (nSPS) is 7.14. The first-order chi connectivity index (χ1) is 3.41. The zero-order chi connectivity index (χ0) is 5.54. The minimum absolute atomic E-state index is 0.725. The van der Waals surface area contributed by atoms with E-state index in [1.54, 1.807) is 0 Å². The first-order valence-electron chi connectivity index (χ1n) is 2.24. The predicted octanol–water partition coefficient (Wildman–Crippen LogP) is 0.616. The van der Waals surface area contributed by atoms with Crippen molar-refractivity contribution in [2.75, 3.05) is 6.54 Å². The Morgan fingerprint density at radius 2 is 2.29 bits per heavy atom. The van der Waals surface area contributed by atoms with Crippen molar-refractivity contribution in [2.45, 2.75) is 12.8 Å². The Hall–Kier alpha value is -0.130. The average Bonchev–Trinajstić information content (AvgIpc) is 1.69. The Kier molecular flexibility index (Phi) is 5.76. The van der Waals surface area contributed by atoms with Gasteiger partial charge in [0, 0.05) is 6.42 Å². The second-order valence-corrected chi connectivity index (χ2v) is 1.40. The van der Waals surface area contributed by atoms with Crippen molar-refractivity contribution in [3.8, 4) is 11.2 Å². The Morgan fingerprint density at radius 1 is 1.57 bits per heavy atom. The third kappa shape index (κ3) is 5.87. The summed E-state index contributed by atoms with van der Waals surface area (Å²) >= 11 is 3.69. The number of rotatable bonds is 2. The summed E-state index contributed by atoms with van der Waals surface area (Å²) in [5.41, 5.74) is 5.18. The van der Waals surface area contributed by atoms with Gasteiger partial charge in [-0.2, -0.15) is 0 Å². The Morgan fingerprint density at radius 3 is 2.71 bits per heavy atom. The van der Waals surface area contributed by atoms with Gasteiger partial charge in [0.1, 0.15) is 0 Å². The molecule has 0 saturated carbocycles. The zero-order valence-corrected chi connectivity index (χ0v) is 5.04. The number of nitrogens with two attached hydrogens (primary N) is 1. The van der Waals surface area contributed by atoms with Crippen LogP contribution in [0.4, 0.5) is 0 Å². The first-order valence-corrected chi connectivity index (χ1v) is 2.68. The van der Waals surface area contributed by atoms with Crippen molar-refractivity contribution in [1.82, 2.24) is 0 Å². The molecule has 7 heavy (non-hydrogen) atoms. The van der Waals surface area contributed by atoms with Crippen molar-refractivity contribution in [3.05, 3.63) is 0 Å². The molecule has 0 atom stereocenters. The van der Waals surface area contributed by atoms with Crippen LogP contribution in [0.3, 0.4) is 0 Å². The molecule has 0 saturated heterocycles. The highest BCUT2D eigenvalue weighted by Crippen LogP contribution is 1.80. The van der Waals surface area contributed by atoms with Crippen molar-refractivity contribution in [3.63, 3.8) is 0 Å². The molecule has 0 aromatic heterocycles. The summed E-state index contributed by atoms with van der Waals surface area (Å²) in [6.45, 7) is 0.725. The van der Waals surface area contributed by atoms with E-state index in [0.717, 1.165) is 19.4 Å². The molecule has 0 heterocycles. The third-order valence-corrected chi connectivity index (χ3v) is 0.743. The minimum atomic E-state index is 0.725. The van der Waals surface area contributed by atoms with Crippen LogP contribution in [0.25, 0.3) is 0 Å². The molecule has 0 aromatic rings. The van der Waals surface area contributed by atoms with Gasteiger partial charge in [-0.05, 0) is 18.2 Å². The molecule has 0 aromatic carbocycles. The Balaban J connectivity index is 2.78. The fourth-order valence-corrected chi connectivity index (χ4v) is 0.358. The molecule has 0 radical (unpaired) electrons. The summed E-state index contributed by atoms with van der Waals surface area (Å²) in [6, 6.07) is 0. The van der Waals surface area contributed by atoms with E-state index >= 15 is 0 Å². The lowest BCUT2D eigenvalue weighted by molar-refractivity contribution is 0.870. The van der Waals surface area contributed by atoms with Crippen LogP contribution in [0, 0.1) is 11.2 Å². The van der Waals surface area contributed by atoms with Crippen molar-refractivity contribution in [1.29, 1.82) is 0 Å². The highest BCUT2D eigenvalue weighted by molar-refractivity contribution is 7.85. The quantitative estimate of drug-likeness (QED) is 0.308. The molecule has 0 fully saturated rings. The fourth-order valence-electron chi connectivity index (χ4n) is 0.246. The molecule has 0 unspecified atom stereocenters. The summed E-state index contributed by atoms with van der Waals surface area (Å²) in [6.07, 6.45) is 1.85. The van der Waals surface area contributed by atoms with Gasteiger partial charge in [0.25, 0.3) is 0 Å². The molecule has 40 valence electrons. The second kappa shape index (κ2) is 5.87. The third-order valence-electron chi connectivity index (χ3n) is 0.585. The van der Waals surface area contributed by atoms with E-state index in [9.17, 15) is 0 Å². The van der Waals surface area contributed by atoms with Crippen molar-refractivity contribution >= 4 is 12.6 Å². The first kappa shape index (κ1) is 6.87. The lowest BCUT2D eigenvalue weighted by Gasteiger charge is -1.81. The SMILES string of the molecule is NCCCC#CS. The molecule has 1 nitrogen and oxygen atoms in total. The smallest absolute Gasteiger partial charge is 0.0110 e. The molecule has 0 spiro atoms. The fraction of sp³-hybridized carbons (Fsp3) is 0.600. The van der Waals surface area contributed by atoms with Gasteiger partial charge in [0.05, 0.1) is 0 Å². The molecule has 0 rings (SSSR count). The van der Waals surface area contributed by atoms with E-state index < -0.39 is 0 Å². The highest BCUT2D eigenvalue weighted by atomic mass is 32.1. The maximum atomic E-state index is 5.18.